The number of halogens is 3. The fourth-order valence-corrected chi connectivity index (χ4v) is 4.90. The van der Waals surface area contributed by atoms with E-state index in [4.69, 9.17) is 0 Å². The molecule has 7 nitrogen and oxygen atoms in total. The Labute approximate surface area is 159 Å². The van der Waals surface area contributed by atoms with Gasteiger partial charge in [-0.2, -0.15) is 5.10 Å². The number of hydrogen-bond acceptors (Lipinski definition) is 4. The maximum atomic E-state index is 12.7. The van der Waals surface area contributed by atoms with Gasteiger partial charge < -0.3 is 10.0 Å². The summed E-state index contributed by atoms with van der Waals surface area (Å²) in [5.41, 5.74) is -0.568. The lowest BCUT2D eigenvalue weighted by molar-refractivity contribution is -0.340. The van der Waals surface area contributed by atoms with E-state index in [9.17, 15) is 27.9 Å². The van der Waals surface area contributed by atoms with Gasteiger partial charge in [0.15, 0.2) is 0 Å². The van der Waals surface area contributed by atoms with E-state index in [2.05, 4.69) is 9.84 Å². The van der Waals surface area contributed by atoms with Gasteiger partial charge in [0.25, 0.3) is 5.91 Å². The largest absolute Gasteiger partial charge is 0.522 e. The third kappa shape index (κ3) is 3.27. The number of aromatic nitrogens is 2. The molecular formula is C18H22F3N3O4. The van der Waals surface area contributed by atoms with Gasteiger partial charge in [0.05, 0.1) is 28.8 Å². The second kappa shape index (κ2) is 6.47. The molecule has 28 heavy (non-hydrogen) atoms. The van der Waals surface area contributed by atoms with E-state index in [1.54, 1.807) is 10.9 Å². The first-order valence-corrected chi connectivity index (χ1v) is 9.45. The Hall–Kier alpha value is -2.10. The molecule has 0 aromatic carbocycles. The molecule has 0 radical (unpaired) electrons. The number of nitrogens with zero attached hydrogens (tertiary/aromatic N) is 3. The van der Waals surface area contributed by atoms with Crippen molar-refractivity contribution in [1.82, 2.24) is 14.7 Å². The first-order chi connectivity index (χ1) is 13.1. The van der Waals surface area contributed by atoms with E-state index in [0.29, 0.717) is 44.1 Å². The van der Waals surface area contributed by atoms with Crippen molar-refractivity contribution < 1.29 is 32.6 Å². The van der Waals surface area contributed by atoms with Crippen LogP contribution in [0.4, 0.5) is 13.2 Å². The summed E-state index contributed by atoms with van der Waals surface area (Å²) in [7, 11) is 0. The van der Waals surface area contributed by atoms with Gasteiger partial charge in [0.2, 0.25) is 0 Å². The van der Waals surface area contributed by atoms with Crippen LogP contribution in [0.2, 0.25) is 0 Å². The number of ether oxygens (including phenoxy) is 1. The number of rotatable bonds is 4. The Balaban J connectivity index is 1.43. The molecule has 1 aromatic heterocycles. The number of carboxylic acid groups (broad SMARTS) is 1. The average molecular weight is 401 g/mol. The van der Waals surface area contributed by atoms with Gasteiger partial charge >= 0.3 is 12.3 Å². The third-order valence-electron chi connectivity index (χ3n) is 6.71. The van der Waals surface area contributed by atoms with Crippen LogP contribution in [0.5, 0.6) is 0 Å². The smallest absolute Gasteiger partial charge is 0.481 e. The second-order valence-electron chi connectivity index (χ2n) is 8.21. The zero-order chi connectivity index (χ0) is 20.2. The van der Waals surface area contributed by atoms with Crippen LogP contribution in [0, 0.1) is 5.41 Å². The molecule has 4 fully saturated rings. The summed E-state index contributed by atoms with van der Waals surface area (Å²) in [5, 5.41) is 13.9. The lowest BCUT2D eigenvalue weighted by Crippen LogP contribution is -2.50. The van der Waals surface area contributed by atoms with E-state index < -0.39 is 23.9 Å². The number of aliphatic carboxylic acids is 1. The van der Waals surface area contributed by atoms with Crippen molar-refractivity contribution in [3.05, 3.63) is 18.0 Å². The van der Waals surface area contributed by atoms with Crippen LogP contribution in [-0.4, -0.2) is 57.2 Å². The summed E-state index contributed by atoms with van der Waals surface area (Å²) < 4.78 is 42.9. The molecule has 1 aliphatic heterocycles. The maximum absolute atomic E-state index is 12.7. The summed E-state index contributed by atoms with van der Waals surface area (Å²) in [6.45, 7) is 0.104. The minimum atomic E-state index is -4.71. The SMILES string of the molecule is O=C(c1cnn(C23CCC(C(=O)O)(CC2)CC3)c1)N1CC[C@H](OC(F)(F)F)C1. The Kier molecular flexibility index (Phi) is 4.44. The summed E-state index contributed by atoms with van der Waals surface area (Å²) in [4.78, 5) is 25.6. The van der Waals surface area contributed by atoms with Crippen LogP contribution in [0.25, 0.3) is 0 Å². The van der Waals surface area contributed by atoms with E-state index in [-0.39, 0.29) is 31.0 Å². The van der Waals surface area contributed by atoms with E-state index in [1.807, 2.05) is 0 Å². The summed E-state index contributed by atoms with van der Waals surface area (Å²) in [6, 6.07) is 0. The molecule has 0 spiro atoms. The lowest BCUT2D eigenvalue weighted by Gasteiger charge is -2.51. The molecule has 2 heterocycles. The monoisotopic (exact) mass is 401 g/mol. The van der Waals surface area contributed by atoms with Crippen LogP contribution < -0.4 is 0 Å². The average Bonchev–Trinajstić information content (AvgIpc) is 3.31. The number of hydrogen-bond donors (Lipinski definition) is 1. The normalized spacial score (nSPS) is 32.7. The van der Waals surface area contributed by atoms with Crippen molar-refractivity contribution in [3.8, 4) is 0 Å². The number of likely N-dealkylation sites (tertiary alicyclic amines) is 1. The minimum Gasteiger partial charge on any atom is -0.481 e. The Morgan fingerprint density at radius 3 is 2.39 bits per heavy atom. The Morgan fingerprint density at radius 2 is 1.82 bits per heavy atom. The first-order valence-electron chi connectivity index (χ1n) is 9.45. The maximum Gasteiger partial charge on any atom is 0.522 e. The Morgan fingerprint density at radius 1 is 1.18 bits per heavy atom. The van der Waals surface area contributed by atoms with Crippen molar-refractivity contribution in [2.75, 3.05) is 13.1 Å². The minimum absolute atomic E-state index is 0.101. The highest BCUT2D eigenvalue weighted by atomic mass is 19.4. The van der Waals surface area contributed by atoms with Crippen molar-refractivity contribution in [2.45, 2.75) is 63.0 Å². The van der Waals surface area contributed by atoms with Gasteiger partial charge in [-0.15, -0.1) is 13.2 Å². The lowest BCUT2D eigenvalue weighted by atomic mass is 9.57. The quantitative estimate of drug-likeness (QED) is 0.839. The van der Waals surface area contributed by atoms with E-state index >= 15 is 0 Å². The molecule has 1 atom stereocenters. The van der Waals surface area contributed by atoms with E-state index in [1.165, 1.54) is 11.1 Å². The second-order valence-corrected chi connectivity index (χ2v) is 8.21. The predicted molar refractivity (Wildman–Crippen MR) is 89.4 cm³/mol. The van der Waals surface area contributed by atoms with Crippen LogP contribution >= 0.6 is 0 Å². The molecule has 0 unspecified atom stereocenters. The van der Waals surface area contributed by atoms with Gasteiger partial charge in [0.1, 0.15) is 0 Å². The topological polar surface area (TPSA) is 84.7 Å². The van der Waals surface area contributed by atoms with Crippen LogP contribution in [-0.2, 0) is 15.1 Å². The van der Waals surface area contributed by atoms with Gasteiger partial charge in [-0.25, -0.2) is 0 Å². The highest BCUT2D eigenvalue weighted by Crippen LogP contribution is 2.55. The predicted octanol–water partition coefficient (Wildman–Crippen LogP) is 2.77. The highest BCUT2D eigenvalue weighted by molar-refractivity contribution is 5.94. The zero-order valence-corrected chi connectivity index (χ0v) is 15.2. The van der Waals surface area contributed by atoms with Gasteiger partial charge in [0, 0.05) is 19.3 Å². The van der Waals surface area contributed by atoms with Crippen LogP contribution in [0.3, 0.4) is 0 Å². The molecule has 4 aliphatic rings. The van der Waals surface area contributed by atoms with Gasteiger partial charge in [-0.05, 0) is 44.9 Å². The molecule has 10 heteroatoms. The summed E-state index contributed by atoms with van der Waals surface area (Å²) in [6.07, 6.45) is 1.34. The third-order valence-corrected chi connectivity index (χ3v) is 6.71. The zero-order valence-electron chi connectivity index (χ0n) is 15.2. The molecule has 1 amide bonds. The standard InChI is InChI=1S/C18H22F3N3O4/c19-18(20,21)28-13-1-8-23(11-13)14(25)12-9-22-24(10-12)17-5-2-16(3-6-17,4-7-17)15(26)27/h9-10,13H,1-8,11H2,(H,26,27)/t13-,16?,17?/m0/s1. The first kappa shape index (κ1) is 19.2. The van der Waals surface area contributed by atoms with Crippen LogP contribution in [0.15, 0.2) is 12.4 Å². The molecule has 2 bridgehead atoms. The number of fused-ring (bicyclic) bond motifs is 3. The molecule has 3 saturated carbocycles. The number of carbonyl (C=O) groups is 2. The molecule has 5 rings (SSSR count). The molecule has 1 N–H and O–H groups in total. The number of amides is 1. The highest BCUT2D eigenvalue weighted by Gasteiger charge is 2.54. The summed E-state index contributed by atoms with van der Waals surface area (Å²) >= 11 is 0. The fourth-order valence-electron chi connectivity index (χ4n) is 4.90. The summed E-state index contributed by atoms with van der Waals surface area (Å²) in [5.74, 6) is -1.09. The molecule has 3 aliphatic carbocycles. The number of carbonyl (C=O) groups excluding carboxylic acids is 1. The van der Waals surface area contributed by atoms with E-state index in [0.717, 1.165) is 0 Å². The van der Waals surface area contributed by atoms with Crippen molar-refractivity contribution >= 4 is 11.9 Å². The van der Waals surface area contributed by atoms with Crippen molar-refractivity contribution in [1.29, 1.82) is 0 Å². The molecule has 1 aromatic rings. The fraction of sp³-hybridized carbons (Fsp3) is 0.722. The molecular weight excluding hydrogens is 379 g/mol. The van der Waals surface area contributed by atoms with Crippen molar-refractivity contribution in [3.63, 3.8) is 0 Å². The number of alkyl halides is 3. The van der Waals surface area contributed by atoms with Crippen molar-refractivity contribution in [2.24, 2.45) is 5.41 Å². The van der Waals surface area contributed by atoms with Gasteiger partial charge in [-0.3, -0.25) is 19.0 Å². The Bertz CT molecular complexity index is 767. The molecule has 154 valence electrons. The number of carboxylic acids is 1. The van der Waals surface area contributed by atoms with Gasteiger partial charge in [-0.1, -0.05) is 0 Å². The molecule has 1 saturated heterocycles. The van der Waals surface area contributed by atoms with Crippen LogP contribution in [0.1, 0.15) is 55.3 Å².